The Bertz CT molecular complexity index is 614. The molecule has 0 bridgehead atoms. The number of carbonyl (C=O) groups excluding carboxylic acids is 1. The summed E-state index contributed by atoms with van der Waals surface area (Å²) in [5, 5.41) is 14.1. The van der Waals surface area contributed by atoms with Gasteiger partial charge in [0, 0.05) is 13.0 Å². The molecule has 0 radical (unpaired) electrons. The van der Waals surface area contributed by atoms with E-state index >= 15 is 0 Å². The fourth-order valence-corrected chi connectivity index (χ4v) is 3.01. The van der Waals surface area contributed by atoms with Gasteiger partial charge in [-0.2, -0.15) is 0 Å². The van der Waals surface area contributed by atoms with Crippen molar-refractivity contribution in [3.8, 4) is 11.5 Å². The molecular weight excluding hydrogens is 336 g/mol. The van der Waals surface area contributed by atoms with Crippen LogP contribution in [-0.2, 0) is 4.79 Å². The number of benzene rings is 1. The fraction of sp³-hybridized carbons (Fsp3) is 0.579. The molecule has 2 amide bonds. The van der Waals surface area contributed by atoms with Crippen LogP contribution in [0.1, 0.15) is 57.1 Å². The van der Waals surface area contributed by atoms with Gasteiger partial charge in [-0.1, -0.05) is 6.07 Å². The molecule has 0 heterocycles. The second kappa shape index (κ2) is 9.89. The van der Waals surface area contributed by atoms with E-state index in [9.17, 15) is 9.59 Å². The summed E-state index contributed by atoms with van der Waals surface area (Å²) in [6.45, 7) is 2.20. The molecule has 1 atom stereocenters. The van der Waals surface area contributed by atoms with Crippen molar-refractivity contribution in [2.75, 3.05) is 13.7 Å². The van der Waals surface area contributed by atoms with Crippen LogP contribution in [0.25, 0.3) is 0 Å². The van der Waals surface area contributed by atoms with Crippen molar-refractivity contribution >= 4 is 12.0 Å². The Kier molecular flexibility index (Phi) is 7.56. The summed E-state index contributed by atoms with van der Waals surface area (Å²) in [7, 11) is 1.61. The first-order chi connectivity index (χ1) is 12.5. The van der Waals surface area contributed by atoms with Crippen LogP contribution in [0.2, 0.25) is 0 Å². The third-order valence-corrected chi connectivity index (χ3v) is 4.48. The fourth-order valence-electron chi connectivity index (χ4n) is 3.01. The first-order valence-electron chi connectivity index (χ1n) is 9.10. The molecule has 0 aromatic heterocycles. The number of aliphatic carboxylic acids is 1. The number of carboxylic acid groups (broad SMARTS) is 1. The van der Waals surface area contributed by atoms with Crippen LogP contribution in [0.4, 0.5) is 4.79 Å². The van der Waals surface area contributed by atoms with Crippen molar-refractivity contribution in [3.63, 3.8) is 0 Å². The number of methoxy groups -OCH3 is 1. The van der Waals surface area contributed by atoms with Crippen molar-refractivity contribution in [1.29, 1.82) is 0 Å². The number of carbonyl (C=O) groups is 2. The zero-order chi connectivity index (χ0) is 18.9. The summed E-state index contributed by atoms with van der Waals surface area (Å²) in [4.78, 5) is 22.4. The van der Waals surface area contributed by atoms with E-state index in [4.69, 9.17) is 14.6 Å². The van der Waals surface area contributed by atoms with E-state index in [1.165, 1.54) is 12.8 Å². The average Bonchev–Trinajstić information content (AvgIpc) is 3.12. The van der Waals surface area contributed by atoms with E-state index in [0.717, 1.165) is 24.2 Å². The molecule has 1 fully saturated rings. The van der Waals surface area contributed by atoms with Crippen molar-refractivity contribution in [2.45, 2.75) is 57.6 Å². The maximum atomic E-state index is 11.9. The van der Waals surface area contributed by atoms with Crippen molar-refractivity contribution in [1.82, 2.24) is 10.6 Å². The molecule has 1 aliphatic rings. The largest absolute Gasteiger partial charge is 0.493 e. The summed E-state index contributed by atoms with van der Waals surface area (Å²) in [6, 6.07) is 5.13. The summed E-state index contributed by atoms with van der Waals surface area (Å²) < 4.78 is 11.5. The number of nitrogens with one attached hydrogen (secondary N) is 2. The van der Waals surface area contributed by atoms with Gasteiger partial charge in [0.1, 0.15) is 0 Å². The Morgan fingerprint density at radius 1 is 1.27 bits per heavy atom. The SMILES string of the molecule is COc1cc(C(C)NC(=O)NCCCC(=O)O)ccc1OC1CCCC1. The van der Waals surface area contributed by atoms with Gasteiger partial charge in [0.2, 0.25) is 0 Å². The summed E-state index contributed by atoms with van der Waals surface area (Å²) in [5.41, 5.74) is 0.904. The van der Waals surface area contributed by atoms with Crippen molar-refractivity contribution in [3.05, 3.63) is 23.8 Å². The lowest BCUT2D eigenvalue weighted by Gasteiger charge is -2.19. The van der Waals surface area contributed by atoms with Crippen molar-refractivity contribution in [2.24, 2.45) is 0 Å². The number of urea groups is 1. The number of rotatable bonds is 9. The van der Waals surface area contributed by atoms with E-state index < -0.39 is 5.97 Å². The predicted octanol–water partition coefficient (Wildman–Crippen LogP) is 3.24. The Morgan fingerprint density at radius 3 is 2.65 bits per heavy atom. The molecule has 144 valence electrons. The van der Waals surface area contributed by atoms with Crippen LogP contribution in [-0.4, -0.2) is 36.9 Å². The molecule has 0 aliphatic heterocycles. The number of hydrogen-bond acceptors (Lipinski definition) is 4. The molecule has 1 aromatic rings. The number of carboxylic acids is 1. The van der Waals surface area contributed by atoms with Crippen LogP contribution >= 0.6 is 0 Å². The highest BCUT2D eigenvalue weighted by atomic mass is 16.5. The monoisotopic (exact) mass is 364 g/mol. The normalized spacial score (nSPS) is 15.3. The molecule has 1 saturated carbocycles. The predicted molar refractivity (Wildman–Crippen MR) is 97.7 cm³/mol. The van der Waals surface area contributed by atoms with Gasteiger partial charge in [-0.25, -0.2) is 4.79 Å². The summed E-state index contributed by atoms with van der Waals surface area (Å²) in [6.07, 6.45) is 5.24. The molecule has 7 heteroatoms. The van der Waals surface area contributed by atoms with Gasteiger partial charge in [-0.05, 0) is 56.7 Å². The third kappa shape index (κ3) is 6.13. The first-order valence-corrected chi connectivity index (χ1v) is 9.10. The average molecular weight is 364 g/mol. The van der Waals surface area contributed by atoms with Crippen LogP contribution in [0.5, 0.6) is 11.5 Å². The highest BCUT2D eigenvalue weighted by molar-refractivity contribution is 5.74. The quantitative estimate of drug-likeness (QED) is 0.585. The molecule has 2 rings (SSSR count). The highest BCUT2D eigenvalue weighted by Gasteiger charge is 2.19. The molecule has 7 nitrogen and oxygen atoms in total. The van der Waals surface area contributed by atoms with E-state index in [0.29, 0.717) is 18.7 Å². The number of hydrogen-bond donors (Lipinski definition) is 3. The van der Waals surface area contributed by atoms with Gasteiger partial charge in [0.05, 0.1) is 19.3 Å². The Morgan fingerprint density at radius 2 is 2.00 bits per heavy atom. The summed E-state index contributed by atoms with van der Waals surface area (Å²) in [5.74, 6) is 0.519. The number of ether oxygens (including phenoxy) is 2. The van der Waals surface area contributed by atoms with Gasteiger partial charge in [-0.3, -0.25) is 4.79 Å². The van der Waals surface area contributed by atoms with Gasteiger partial charge in [-0.15, -0.1) is 0 Å². The minimum Gasteiger partial charge on any atom is -0.493 e. The van der Waals surface area contributed by atoms with Crippen molar-refractivity contribution < 1.29 is 24.2 Å². The van der Waals surface area contributed by atoms with Crippen LogP contribution < -0.4 is 20.1 Å². The zero-order valence-corrected chi connectivity index (χ0v) is 15.4. The molecule has 1 aliphatic carbocycles. The van der Waals surface area contributed by atoms with E-state index in [2.05, 4.69) is 10.6 Å². The van der Waals surface area contributed by atoms with E-state index in [1.54, 1.807) is 7.11 Å². The molecule has 0 spiro atoms. The van der Waals surface area contributed by atoms with Gasteiger partial charge < -0.3 is 25.2 Å². The molecule has 26 heavy (non-hydrogen) atoms. The van der Waals surface area contributed by atoms with Crippen LogP contribution in [0.3, 0.4) is 0 Å². The Hall–Kier alpha value is -2.44. The van der Waals surface area contributed by atoms with E-state index in [1.807, 2.05) is 25.1 Å². The molecule has 1 aromatic carbocycles. The maximum absolute atomic E-state index is 11.9. The van der Waals surface area contributed by atoms with Crippen LogP contribution in [0, 0.1) is 0 Å². The van der Waals surface area contributed by atoms with Gasteiger partial charge >= 0.3 is 12.0 Å². The van der Waals surface area contributed by atoms with Gasteiger partial charge in [0.25, 0.3) is 0 Å². The molecule has 1 unspecified atom stereocenters. The summed E-state index contributed by atoms with van der Waals surface area (Å²) >= 11 is 0. The second-order valence-corrected chi connectivity index (χ2v) is 6.55. The number of amides is 2. The van der Waals surface area contributed by atoms with E-state index in [-0.39, 0.29) is 24.6 Å². The second-order valence-electron chi connectivity index (χ2n) is 6.55. The molecule has 0 saturated heterocycles. The topological polar surface area (TPSA) is 96.9 Å². The van der Waals surface area contributed by atoms with Crippen LogP contribution in [0.15, 0.2) is 18.2 Å². The van der Waals surface area contributed by atoms with Gasteiger partial charge in [0.15, 0.2) is 11.5 Å². The zero-order valence-electron chi connectivity index (χ0n) is 15.4. The lowest BCUT2D eigenvalue weighted by molar-refractivity contribution is -0.137. The highest BCUT2D eigenvalue weighted by Crippen LogP contribution is 2.33. The first kappa shape index (κ1) is 19.9. The lowest BCUT2D eigenvalue weighted by Crippen LogP contribution is -2.37. The third-order valence-electron chi connectivity index (χ3n) is 4.48. The molecule has 3 N–H and O–H groups in total. The lowest BCUT2D eigenvalue weighted by atomic mass is 10.1. The standard InChI is InChI=1S/C19H28N2O5/c1-13(21-19(24)20-11-5-8-18(22)23)14-9-10-16(17(12-14)25-2)26-15-6-3-4-7-15/h9-10,12-13,15H,3-8,11H2,1-2H3,(H,22,23)(H2,20,21,24). The Balaban J connectivity index is 1.88. The minimum absolute atomic E-state index is 0.0372. The maximum Gasteiger partial charge on any atom is 0.315 e. The Labute approximate surface area is 154 Å². The minimum atomic E-state index is -0.868. The molecular formula is C19H28N2O5. The smallest absolute Gasteiger partial charge is 0.315 e.